The number of benzene rings is 1. The lowest BCUT2D eigenvalue weighted by atomic mass is 9.92. The van der Waals surface area contributed by atoms with Gasteiger partial charge in [0.2, 0.25) is 0 Å². The average Bonchev–Trinajstić information content (AvgIpc) is 2.81. The highest BCUT2D eigenvalue weighted by Gasteiger charge is 2.31. The van der Waals surface area contributed by atoms with Crippen molar-refractivity contribution in [2.75, 3.05) is 13.7 Å². The van der Waals surface area contributed by atoms with Gasteiger partial charge in [0.15, 0.2) is 0 Å². The largest absolute Gasteiger partial charge is 0.497 e. The summed E-state index contributed by atoms with van der Waals surface area (Å²) in [4.78, 5) is 12.0. The molecule has 19 heavy (non-hydrogen) atoms. The predicted octanol–water partition coefficient (Wildman–Crippen LogP) is 2.35. The van der Waals surface area contributed by atoms with Crippen molar-refractivity contribution < 1.29 is 14.3 Å². The molecule has 102 valence electrons. The number of nitrogens with two attached hydrogens (primary N) is 1. The fraction of sp³-hybridized carbons (Fsp3) is 0.400. The highest BCUT2D eigenvalue weighted by Crippen LogP contribution is 2.38. The number of carbonyl (C=O) groups is 1. The van der Waals surface area contributed by atoms with Crippen LogP contribution in [0.15, 0.2) is 35.5 Å². The molecule has 2 rings (SSSR count). The minimum atomic E-state index is -0.293. The number of allylic oxidation sites excluding steroid dienone is 1. The van der Waals surface area contributed by atoms with E-state index in [0.717, 1.165) is 24.2 Å². The van der Waals surface area contributed by atoms with Crippen molar-refractivity contribution >= 4 is 5.97 Å². The predicted molar refractivity (Wildman–Crippen MR) is 72.8 cm³/mol. The third-order valence-electron chi connectivity index (χ3n) is 3.41. The molecule has 1 atom stereocenters. The fourth-order valence-electron chi connectivity index (χ4n) is 2.45. The van der Waals surface area contributed by atoms with Crippen LogP contribution in [0.1, 0.15) is 31.2 Å². The van der Waals surface area contributed by atoms with Crippen molar-refractivity contribution in [1.29, 1.82) is 0 Å². The van der Waals surface area contributed by atoms with Gasteiger partial charge in [0.1, 0.15) is 5.75 Å². The first-order valence-electron chi connectivity index (χ1n) is 6.47. The van der Waals surface area contributed by atoms with Crippen molar-refractivity contribution in [3.8, 4) is 5.75 Å². The van der Waals surface area contributed by atoms with E-state index in [1.165, 1.54) is 0 Å². The van der Waals surface area contributed by atoms with Gasteiger partial charge in [-0.1, -0.05) is 12.1 Å². The summed E-state index contributed by atoms with van der Waals surface area (Å²) in [5.74, 6) is 0.541. The van der Waals surface area contributed by atoms with Crippen molar-refractivity contribution in [1.82, 2.24) is 0 Å². The van der Waals surface area contributed by atoms with Crippen molar-refractivity contribution in [3.05, 3.63) is 41.1 Å². The van der Waals surface area contributed by atoms with Gasteiger partial charge in [-0.15, -0.1) is 0 Å². The van der Waals surface area contributed by atoms with Crippen LogP contribution in [0, 0.1) is 0 Å². The third kappa shape index (κ3) is 2.72. The maximum Gasteiger partial charge on any atom is 0.336 e. The zero-order valence-electron chi connectivity index (χ0n) is 11.3. The van der Waals surface area contributed by atoms with Crippen molar-refractivity contribution in [2.45, 2.75) is 25.7 Å². The summed E-state index contributed by atoms with van der Waals surface area (Å²) in [5, 5.41) is 0. The molecule has 0 saturated heterocycles. The molecule has 4 heteroatoms. The highest BCUT2D eigenvalue weighted by molar-refractivity contribution is 5.91. The van der Waals surface area contributed by atoms with Gasteiger partial charge in [-0.3, -0.25) is 0 Å². The van der Waals surface area contributed by atoms with Crippen LogP contribution in [0.3, 0.4) is 0 Å². The summed E-state index contributed by atoms with van der Waals surface area (Å²) in [7, 11) is 1.63. The molecule has 1 aliphatic carbocycles. The minimum absolute atomic E-state index is 0.0324. The molecule has 1 aromatic rings. The number of hydrogen-bond acceptors (Lipinski definition) is 4. The summed E-state index contributed by atoms with van der Waals surface area (Å²) in [6.07, 6.45) is 1.59. The monoisotopic (exact) mass is 261 g/mol. The van der Waals surface area contributed by atoms with Crippen LogP contribution in [0.25, 0.3) is 0 Å². The maximum atomic E-state index is 12.0. The van der Waals surface area contributed by atoms with Gasteiger partial charge in [0, 0.05) is 11.6 Å². The molecule has 0 spiro atoms. The third-order valence-corrected chi connectivity index (χ3v) is 3.41. The van der Waals surface area contributed by atoms with E-state index in [1.54, 1.807) is 14.0 Å². The Morgan fingerprint density at radius 1 is 1.37 bits per heavy atom. The highest BCUT2D eigenvalue weighted by atomic mass is 16.5. The van der Waals surface area contributed by atoms with Crippen LogP contribution < -0.4 is 10.5 Å². The number of methoxy groups -OCH3 is 1. The van der Waals surface area contributed by atoms with Crippen LogP contribution in [0.4, 0.5) is 0 Å². The number of esters is 1. The van der Waals surface area contributed by atoms with Crippen LogP contribution in [0.2, 0.25) is 0 Å². The lowest BCUT2D eigenvalue weighted by molar-refractivity contribution is -0.138. The average molecular weight is 261 g/mol. The topological polar surface area (TPSA) is 61.5 Å². The molecule has 1 aliphatic rings. The second-order valence-corrected chi connectivity index (χ2v) is 4.52. The Hall–Kier alpha value is -1.97. The molecule has 1 unspecified atom stereocenters. The van der Waals surface area contributed by atoms with Crippen LogP contribution in [0.5, 0.6) is 5.75 Å². The second kappa shape index (κ2) is 5.78. The Bertz CT molecular complexity index is 491. The van der Waals surface area contributed by atoms with Crippen LogP contribution in [-0.2, 0) is 9.53 Å². The van der Waals surface area contributed by atoms with E-state index in [2.05, 4.69) is 0 Å². The van der Waals surface area contributed by atoms with Gasteiger partial charge < -0.3 is 15.2 Å². The van der Waals surface area contributed by atoms with Gasteiger partial charge in [-0.05, 0) is 37.5 Å². The Labute approximate surface area is 113 Å². The quantitative estimate of drug-likeness (QED) is 0.845. The SMILES string of the molecule is CCOC(=O)C1=C(N)CCC1c1ccc(OC)cc1. The second-order valence-electron chi connectivity index (χ2n) is 4.52. The first-order chi connectivity index (χ1) is 9.17. The van der Waals surface area contributed by atoms with E-state index in [1.807, 2.05) is 24.3 Å². The number of ether oxygens (including phenoxy) is 2. The molecular weight excluding hydrogens is 242 g/mol. The van der Waals surface area contributed by atoms with Gasteiger partial charge in [0.25, 0.3) is 0 Å². The zero-order chi connectivity index (χ0) is 13.8. The summed E-state index contributed by atoms with van der Waals surface area (Å²) < 4.78 is 10.2. The normalized spacial score (nSPS) is 18.5. The Balaban J connectivity index is 2.26. The maximum absolute atomic E-state index is 12.0. The molecule has 0 fully saturated rings. The molecular formula is C15H19NO3. The van der Waals surface area contributed by atoms with Crippen LogP contribution in [-0.4, -0.2) is 19.7 Å². The molecule has 0 amide bonds. The van der Waals surface area contributed by atoms with E-state index in [-0.39, 0.29) is 11.9 Å². The minimum Gasteiger partial charge on any atom is -0.497 e. The van der Waals surface area contributed by atoms with Gasteiger partial charge in [0.05, 0.1) is 19.3 Å². The number of carbonyl (C=O) groups excluding carboxylic acids is 1. The molecule has 1 aromatic carbocycles. The number of hydrogen-bond donors (Lipinski definition) is 1. The Kier molecular flexibility index (Phi) is 4.10. The lowest BCUT2D eigenvalue weighted by Crippen LogP contribution is -2.15. The standard InChI is InChI=1S/C15H19NO3/c1-3-19-15(17)14-12(8-9-13(14)16)10-4-6-11(18-2)7-5-10/h4-7,12H,3,8-9,16H2,1-2H3. The summed E-state index contributed by atoms with van der Waals surface area (Å²) >= 11 is 0. The molecule has 0 aromatic heterocycles. The molecule has 0 saturated carbocycles. The lowest BCUT2D eigenvalue weighted by Gasteiger charge is -2.15. The zero-order valence-corrected chi connectivity index (χ0v) is 11.3. The molecule has 0 radical (unpaired) electrons. The van der Waals surface area contributed by atoms with Crippen molar-refractivity contribution in [2.24, 2.45) is 5.73 Å². The smallest absolute Gasteiger partial charge is 0.336 e. The molecule has 4 nitrogen and oxygen atoms in total. The van der Waals surface area contributed by atoms with E-state index in [4.69, 9.17) is 15.2 Å². The summed E-state index contributed by atoms with van der Waals surface area (Å²) in [6, 6.07) is 7.74. The van der Waals surface area contributed by atoms with E-state index in [9.17, 15) is 4.79 Å². The first kappa shape index (κ1) is 13.5. The molecule has 2 N–H and O–H groups in total. The van der Waals surface area contributed by atoms with Crippen LogP contribution >= 0.6 is 0 Å². The fourth-order valence-corrected chi connectivity index (χ4v) is 2.45. The number of rotatable bonds is 4. The molecule has 0 bridgehead atoms. The molecule has 0 heterocycles. The Morgan fingerprint density at radius 2 is 2.05 bits per heavy atom. The van der Waals surface area contributed by atoms with E-state index in [0.29, 0.717) is 17.9 Å². The molecule has 0 aliphatic heterocycles. The van der Waals surface area contributed by atoms with E-state index < -0.39 is 0 Å². The van der Waals surface area contributed by atoms with Gasteiger partial charge >= 0.3 is 5.97 Å². The first-order valence-corrected chi connectivity index (χ1v) is 6.47. The summed E-state index contributed by atoms with van der Waals surface area (Å²) in [5.41, 5.74) is 8.29. The van der Waals surface area contributed by atoms with Crippen molar-refractivity contribution in [3.63, 3.8) is 0 Å². The van der Waals surface area contributed by atoms with E-state index >= 15 is 0 Å². The van der Waals surface area contributed by atoms with Gasteiger partial charge in [-0.25, -0.2) is 4.79 Å². The van der Waals surface area contributed by atoms with Gasteiger partial charge in [-0.2, -0.15) is 0 Å². The summed E-state index contributed by atoms with van der Waals surface area (Å²) in [6.45, 7) is 2.16. The Morgan fingerprint density at radius 3 is 2.63 bits per heavy atom.